The Balaban J connectivity index is 1.38. The Morgan fingerprint density at radius 2 is 1.27 bits per heavy atom. The van der Waals surface area contributed by atoms with Gasteiger partial charge in [-0.3, -0.25) is 4.79 Å². The highest BCUT2D eigenvalue weighted by Crippen LogP contribution is 2.22. The summed E-state index contributed by atoms with van der Waals surface area (Å²) in [5.74, 6) is 2.02. The van der Waals surface area contributed by atoms with Crippen molar-refractivity contribution in [3.05, 3.63) is 101 Å². The number of aromatic nitrogens is 2. The summed E-state index contributed by atoms with van der Waals surface area (Å²) in [5, 5.41) is 9.56. The molecular weight excluding hydrogens is 410 g/mol. The lowest BCUT2D eigenvalue weighted by Crippen LogP contribution is -2.14. The number of hydrogen-bond donors (Lipinski definition) is 3. The van der Waals surface area contributed by atoms with Crippen LogP contribution in [0.4, 0.5) is 28.7 Å². The van der Waals surface area contributed by atoms with Crippen LogP contribution in [0.25, 0.3) is 0 Å². The normalized spacial score (nSPS) is 10.5. The van der Waals surface area contributed by atoms with Crippen molar-refractivity contribution in [2.45, 2.75) is 27.2 Å². The van der Waals surface area contributed by atoms with Gasteiger partial charge in [0.15, 0.2) is 0 Å². The summed E-state index contributed by atoms with van der Waals surface area (Å²) in [6, 6.07) is 25.5. The lowest BCUT2D eigenvalue weighted by atomic mass is 10.1. The number of rotatable bonds is 7. The summed E-state index contributed by atoms with van der Waals surface area (Å²) in [7, 11) is 0. The van der Waals surface area contributed by atoms with E-state index in [9.17, 15) is 4.79 Å². The Hall–Kier alpha value is -4.19. The summed E-state index contributed by atoms with van der Waals surface area (Å²) < 4.78 is 0. The van der Waals surface area contributed by atoms with Crippen molar-refractivity contribution in [3.8, 4) is 0 Å². The third-order valence-electron chi connectivity index (χ3n) is 5.05. The van der Waals surface area contributed by atoms with Crippen LogP contribution in [-0.2, 0) is 11.2 Å². The second-order valence-corrected chi connectivity index (χ2v) is 8.09. The predicted molar refractivity (Wildman–Crippen MR) is 134 cm³/mol. The van der Waals surface area contributed by atoms with Crippen molar-refractivity contribution in [2.75, 3.05) is 16.0 Å². The van der Waals surface area contributed by atoms with E-state index in [1.807, 2.05) is 80.6 Å². The van der Waals surface area contributed by atoms with Gasteiger partial charge in [0.2, 0.25) is 5.91 Å². The van der Waals surface area contributed by atoms with Crippen LogP contribution in [0.2, 0.25) is 0 Å². The molecule has 1 aromatic heterocycles. The van der Waals surface area contributed by atoms with Crippen LogP contribution in [0.3, 0.4) is 0 Å². The first-order chi connectivity index (χ1) is 15.9. The zero-order valence-electron chi connectivity index (χ0n) is 19.0. The Kier molecular flexibility index (Phi) is 6.64. The summed E-state index contributed by atoms with van der Waals surface area (Å²) in [6.07, 6.45) is 0.346. The molecule has 0 aliphatic rings. The predicted octanol–water partition coefficient (Wildman–Crippen LogP) is 6.07. The largest absolute Gasteiger partial charge is 0.340 e. The SMILES string of the molecule is Cc1ccc(Nc2cc(Nc3ccc(NC(=O)Cc4cccc(C)c4)cc3)nc(C)n2)cc1. The van der Waals surface area contributed by atoms with E-state index < -0.39 is 0 Å². The maximum absolute atomic E-state index is 12.4. The van der Waals surface area contributed by atoms with Crippen LogP contribution in [0, 0.1) is 20.8 Å². The Morgan fingerprint density at radius 1 is 0.697 bits per heavy atom. The molecule has 6 heteroatoms. The lowest BCUT2D eigenvalue weighted by molar-refractivity contribution is -0.115. The van der Waals surface area contributed by atoms with E-state index in [1.54, 1.807) is 0 Å². The molecule has 1 heterocycles. The molecule has 3 N–H and O–H groups in total. The molecule has 3 aromatic carbocycles. The summed E-state index contributed by atoms with van der Waals surface area (Å²) >= 11 is 0. The topological polar surface area (TPSA) is 78.9 Å². The molecule has 0 aliphatic carbocycles. The highest BCUT2D eigenvalue weighted by molar-refractivity contribution is 5.92. The van der Waals surface area contributed by atoms with Crippen molar-refractivity contribution in [1.82, 2.24) is 9.97 Å². The minimum Gasteiger partial charge on any atom is -0.340 e. The molecule has 1 amide bonds. The fourth-order valence-electron chi connectivity index (χ4n) is 3.48. The zero-order chi connectivity index (χ0) is 23.2. The molecule has 0 unspecified atom stereocenters. The number of carbonyl (C=O) groups excluding carboxylic acids is 1. The standard InChI is InChI=1S/C27H27N5O/c1-18-7-9-22(10-8-18)30-25-17-26(29-20(3)28-25)31-23-11-13-24(14-12-23)32-27(33)16-21-6-4-5-19(2)15-21/h4-15,17H,16H2,1-3H3,(H,32,33)(H2,28,29,30,31). The highest BCUT2D eigenvalue weighted by atomic mass is 16.1. The van der Waals surface area contributed by atoms with Crippen LogP contribution < -0.4 is 16.0 Å². The average Bonchev–Trinajstić information content (AvgIpc) is 2.76. The van der Waals surface area contributed by atoms with Crippen molar-refractivity contribution >= 4 is 34.6 Å². The van der Waals surface area contributed by atoms with Crippen LogP contribution in [0.1, 0.15) is 22.5 Å². The number of amides is 1. The van der Waals surface area contributed by atoms with Crippen LogP contribution >= 0.6 is 0 Å². The van der Waals surface area contributed by atoms with Gasteiger partial charge in [-0.25, -0.2) is 9.97 Å². The molecule has 0 atom stereocenters. The van der Waals surface area contributed by atoms with E-state index in [0.717, 1.165) is 28.2 Å². The van der Waals surface area contributed by atoms with E-state index in [1.165, 1.54) is 5.56 Å². The lowest BCUT2D eigenvalue weighted by Gasteiger charge is -2.11. The molecule has 0 saturated heterocycles. The molecule has 4 aromatic rings. The Morgan fingerprint density at radius 3 is 1.88 bits per heavy atom. The van der Waals surface area contributed by atoms with Gasteiger partial charge in [-0.2, -0.15) is 0 Å². The minimum absolute atomic E-state index is 0.0421. The first-order valence-corrected chi connectivity index (χ1v) is 10.8. The number of nitrogens with zero attached hydrogens (tertiary/aromatic N) is 2. The van der Waals surface area contributed by atoms with Gasteiger partial charge >= 0.3 is 0 Å². The third-order valence-corrected chi connectivity index (χ3v) is 5.05. The van der Waals surface area contributed by atoms with E-state index >= 15 is 0 Å². The van der Waals surface area contributed by atoms with Crippen molar-refractivity contribution < 1.29 is 4.79 Å². The summed E-state index contributed by atoms with van der Waals surface area (Å²) in [5.41, 5.74) is 5.93. The maximum Gasteiger partial charge on any atom is 0.228 e. The first-order valence-electron chi connectivity index (χ1n) is 10.8. The summed E-state index contributed by atoms with van der Waals surface area (Å²) in [6.45, 7) is 5.94. The molecule has 0 radical (unpaired) electrons. The number of aryl methyl sites for hydroxylation is 3. The fourth-order valence-corrected chi connectivity index (χ4v) is 3.48. The van der Waals surface area contributed by atoms with Gasteiger partial charge in [-0.05, 0) is 62.7 Å². The first kappa shape index (κ1) is 22.0. The molecule has 6 nitrogen and oxygen atoms in total. The van der Waals surface area contributed by atoms with E-state index in [-0.39, 0.29) is 5.91 Å². The number of hydrogen-bond acceptors (Lipinski definition) is 5. The number of benzene rings is 3. The van der Waals surface area contributed by atoms with Crippen molar-refractivity contribution in [2.24, 2.45) is 0 Å². The van der Waals surface area contributed by atoms with E-state index in [2.05, 4.69) is 45.0 Å². The van der Waals surface area contributed by atoms with Crippen molar-refractivity contribution in [1.29, 1.82) is 0 Å². The average molecular weight is 438 g/mol. The molecule has 0 saturated carbocycles. The van der Waals surface area contributed by atoms with Crippen LogP contribution in [0.15, 0.2) is 78.9 Å². The zero-order valence-corrected chi connectivity index (χ0v) is 19.0. The maximum atomic E-state index is 12.4. The van der Waals surface area contributed by atoms with Gasteiger partial charge < -0.3 is 16.0 Å². The number of anilines is 5. The number of nitrogens with one attached hydrogen (secondary N) is 3. The van der Waals surface area contributed by atoms with Crippen LogP contribution in [-0.4, -0.2) is 15.9 Å². The van der Waals surface area contributed by atoms with Gasteiger partial charge in [-0.1, -0.05) is 47.5 Å². The monoisotopic (exact) mass is 437 g/mol. The second kappa shape index (κ2) is 9.96. The molecule has 166 valence electrons. The molecule has 0 fully saturated rings. The van der Waals surface area contributed by atoms with Gasteiger partial charge in [0, 0.05) is 23.1 Å². The molecular formula is C27H27N5O. The molecule has 33 heavy (non-hydrogen) atoms. The highest BCUT2D eigenvalue weighted by Gasteiger charge is 2.06. The Bertz CT molecular complexity index is 1250. The molecule has 4 rings (SSSR count). The van der Waals surface area contributed by atoms with Gasteiger partial charge in [0.25, 0.3) is 0 Å². The molecule has 0 aliphatic heterocycles. The van der Waals surface area contributed by atoms with Gasteiger partial charge in [0.05, 0.1) is 6.42 Å². The molecule has 0 spiro atoms. The number of carbonyl (C=O) groups is 1. The quantitative estimate of drug-likeness (QED) is 0.327. The minimum atomic E-state index is -0.0421. The fraction of sp³-hybridized carbons (Fsp3) is 0.148. The Labute approximate surface area is 194 Å². The third kappa shape index (κ3) is 6.40. The van der Waals surface area contributed by atoms with Gasteiger partial charge in [-0.15, -0.1) is 0 Å². The second-order valence-electron chi connectivity index (χ2n) is 8.09. The van der Waals surface area contributed by atoms with Crippen LogP contribution in [0.5, 0.6) is 0 Å². The van der Waals surface area contributed by atoms with Crippen molar-refractivity contribution in [3.63, 3.8) is 0 Å². The smallest absolute Gasteiger partial charge is 0.228 e. The molecule has 0 bridgehead atoms. The van der Waals surface area contributed by atoms with Gasteiger partial charge in [0.1, 0.15) is 17.5 Å². The van der Waals surface area contributed by atoms with E-state index in [4.69, 9.17) is 0 Å². The van der Waals surface area contributed by atoms with E-state index in [0.29, 0.717) is 23.9 Å². The summed E-state index contributed by atoms with van der Waals surface area (Å²) in [4.78, 5) is 21.3.